The summed E-state index contributed by atoms with van der Waals surface area (Å²) in [6, 6.07) is 0.584. The SMILES string of the molecule is CCNC(=NCCc1csc(C)n1)NC1CCC(C)CC1. The van der Waals surface area contributed by atoms with E-state index in [1.54, 1.807) is 11.3 Å². The van der Waals surface area contributed by atoms with Crippen molar-refractivity contribution in [2.75, 3.05) is 13.1 Å². The maximum atomic E-state index is 4.69. The molecule has 0 amide bonds. The summed E-state index contributed by atoms with van der Waals surface area (Å²) in [5, 5.41) is 10.2. The van der Waals surface area contributed by atoms with E-state index in [1.807, 2.05) is 6.92 Å². The molecule has 0 spiro atoms. The molecule has 1 aromatic heterocycles. The summed E-state index contributed by atoms with van der Waals surface area (Å²) in [5.74, 6) is 1.85. The lowest BCUT2D eigenvalue weighted by atomic mass is 9.87. The van der Waals surface area contributed by atoms with Gasteiger partial charge in [-0.15, -0.1) is 11.3 Å². The molecular formula is C16H28N4S. The minimum absolute atomic E-state index is 0.584. The summed E-state index contributed by atoms with van der Waals surface area (Å²) in [4.78, 5) is 9.18. The smallest absolute Gasteiger partial charge is 0.191 e. The Labute approximate surface area is 132 Å². The van der Waals surface area contributed by atoms with E-state index in [4.69, 9.17) is 4.99 Å². The second-order valence-electron chi connectivity index (χ2n) is 5.97. The maximum absolute atomic E-state index is 4.69. The molecule has 1 heterocycles. The van der Waals surface area contributed by atoms with Gasteiger partial charge in [0, 0.05) is 30.9 Å². The molecule has 1 aliphatic carbocycles. The minimum Gasteiger partial charge on any atom is -0.357 e. The topological polar surface area (TPSA) is 49.3 Å². The number of aromatic nitrogens is 1. The zero-order valence-electron chi connectivity index (χ0n) is 13.5. The van der Waals surface area contributed by atoms with Crippen LogP contribution in [0.4, 0.5) is 0 Å². The Morgan fingerprint density at radius 1 is 1.38 bits per heavy atom. The highest BCUT2D eigenvalue weighted by Gasteiger charge is 2.18. The van der Waals surface area contributed by atoms with E-state index >= 15 is 0 Å². The first kappa shape index (κ1) is 16.3. The lowest BCUT2D eigenvalue weighted by Gasteiger charge is -2.28. The lowest BCUT2D eigenvalue weighted by Crippen LogP contribution is -2.44. The summed E-state index contributed by atoms with van der Waals surface area (Å²) < 4.78 is 0. The fourth-order valence-corrected chi connectivity index (χ4v) is 3.37. The number of nitrogens with zero attached hydrogens (tertiary/aromatic N) is 2. The number of aliphatic imine (C=N–C) groups is 1. The molecular weight excluding hydrogens is 280 g/mol. The predicted molar refractivity (Wildman–Crippen MR) is 91.1 cm³/mol. The van der Waals surface area contributed by atoms with E-state index in [1.165, 1.54) is 25.7 Å². The van der Waals surface area contributed by atoms with Gasteiger partial charge < -0.3 is 10.6 Å². The summed E-state index contributed by atoms with van der Waals surface area (Å²) in [6.45, 7) is 8.22. The van der Waals surface area contributed by atoms with E-state index in [9.17, 15) is 0 Å². The fourth-order valence-electron chi connectivity index (χ4n) is 2.72. The zero-order valence-corrected chi connectivity index (χ0v) is 14.3. The van der Waals surface area contributed by atoms with Gasteiger partial charge in [0.2, 0.25) is 0 Å². The number of hydrogen-bond donors (Lipinski definition) is 2. The fraction of sp³-hybridized carbons (Fsp3) is 0.750. The van der Waals surface area contributed by atoms with Crippen molar-refractivity contribution in [1.82, 2.24) is 15.6 Å². The third-order valence-corrected chi connectivity index (χ3v) is 4.83. The van der Waals surface area contributed by atoms with Crippen molar-refractivity contribution < 1.29 is 0 Å². The molecule has 2 N–H and O–H groups in total. The Hall–Kier alpha value is -1.10. The monoisotopic (exact) mass is 308 g/mol. The second kappa shape index (κ2) is 8.37. The van der Waals surface area contributed by atoms with Crippen molar-refractivity contribution in [3.8, 4) is 0 Å². The largest absolute Gasteiger partial charge is 0.357 e. The molecule has 4 nitrogen and oxygen atoms in total. The first-order valence-corrected chi connectivity index (χ1v) is 9.01. The van der Waals surface area contributed by atoms with Gasteiger partial charge in [-0.3, -0.25) is 4.99 Å². The molecule has 1 saturated carbocycles. The van der Waals surface area contributed by atoms with Crippen LogP contribution in [0, 0.1) is 12.8 Å². The van der Waals surface area contributed by atoms with Crippen molar-refractivity contribution in [1.29, 1.82) is 0 Å². The number of guanidine groups is 1. The van der Waals surface area contributed by atoms with Crippen molar-refractivity contribution >= 4 is 17.3 Å². The van der Waals surface area contributed by atoms with Gasteiger partial charge in [-0.25, -0.2) is 4.98 Å². The average Bonchev–Trinajstić information content (AvgIpc) is 2.87. The Bertz CT molecular complexity index is 447. The van der Waals surface area contributed by atoms with Crippen LogP contribution in [0.25, 0.3) is 0 Å². The maximum Gasteiger partial charge on any atom is 0.191 e. The van der Waals surface area contributed by atoms with E-state index in [-0.39, 0.29) is 0 Å². The Kier molecular flexibility index (Phi) is 6.49. The molecule has 1 fully saturated rings. The molecule has 1 aromatic rings. The van der Waals surface area contributed by atoms with Gasteiger partial charge in [-0.2, -0.15) is 0 Å². The van der Waals surface area contributed by atoms with Crippen LogP contribution in [0.15, 0.2) is 10.4 Å². The summed E-state index contributed by atoms with van der Waals surface area (Å²) >= 11 is 1.71. The molecule has 0 bridgehead atoms. The molecule has 2 rings (SSSR count). The predicted octanol–water partition coefficient (Wildman–Crippen LogP) is 3.13. The Morgan fingerprint density at radius 3 is 2.76 bits per heavy atom. The highest BCUT2D eigenvalue weighted by Crippen LogP contribution is 2.23. The number of rotatable bonds is 5. The van der Waals surface area contributed by atoms with Gasteiger partial charge in [0.15, 0.2) is 5.96 Å². The molecule has 118 valence electrons. The number of thiazole rings is 1. The summed E-state index contributed by atoms with van der Waals surface area (Å²) in [5.41, 5.74) is 1.16. The first-order valence-electron chi connectivity index (χ1n) is 8.13. The van der Waals surface area contributed by atoms with Crippen LogP contribution < -0.4 is 10.6 Å². The van der Waals surface area contributed by atoms with Crippen LogP contribution in [-0.4, -0.2) is 30.1 Å². The van der Waals surface area contributed by atoms with Crippen LogP contribution >= 0.6 is 11.3 Å². The highest BCUT2D eigenvalue weighted by molar-refractivity contribution is 7.09. The molecule has 0 aliphatic heterocycles. The van der Waals surface area contributed by atoms with Crippen molar-refractivity contribution in [2.24, 2.45) is 10.9 Å². The molecule has 5 heteroatoms. The Morgan fingerprint density at radius 2 is 2.14 bits per heavy atom. The average molecular weight is 308 g/mol. The quantitative estimate of drug-likeness (QED) is 0.649. The molecule has 0 radical (unpaired) electrons. The van der Waals surface area contributed by atoms with Gasteiger partial charge in [0.25, 0.3) is 0 Å². The number of nitrogens with one attached hydrogen (secondary N) is 2. The molecule has 1 aliphatic rings. The summed E-state index contributed by atoms with van der Waals surface area (Å²) in [6.07, 6.45) is 6.10. The summed E-state index contributed by atoms with van der Waals surface area (Å²) in [7, 11) is 0. The molecule has 0 aromatic carbocycles. The molecule has 0 saturated heterocycles. The normalized spacial score (nSPS) is 23.1. The van der Waals surface area contributed by atoms with Crippen LogP contribution in [-0.2, 0) is 6.42 Å². The van der Waals surface area contributed by atoms with Crippen molar-refractivity contribution in [3.63, 3.8) is 0 Å². The first-order chi connectivity index (χ1) is 10.2. The Balaban J connectivity index is 1.81. The van der Waals surface area contributed by atoms with Gasteiger partial charge in [-0.1, -0.05) is 6.92 Å². The van der Waals surface area contributed by atoms with Crippen LogP contribution in [0.2, 0.25) is 0 Å². The van der Waals surface area contributed by atoms with Crippen molar-refractivity contribution in [2.45, 2.75) is 58.9 Å². The van der Waals surface area contributed by atoms with E-state index in [0.717, 1.165) is 42.1 Å². The van der Waals surface area contributed by atoms with Crippen molar-refractivity contribution in [3.05, 3.63) is 16.1 Å². The number of aryl methyl sites for hydroxylation is 1. The molecule has 0 unspecified atom stereocenters. The van der Waals surface area contributed by atoms with Crippen LogP contribution in [0.3, 0.4) is 0 Å². The van der Waals surface area contributed by atoms with E-state index in [2.05, 4.69) is 34.8 Å². The minimum atomic E-state index is 0.584. The van der Waals surface area contributed by atoms with Gasteiger partial charge in [0.1, 0.15) is 0 Å². The number of hydrogen-bond acceptors (Lipinski definition) is 3. The lowest BCUT2D eigenvalue weighted by molar-refractivity contribution is 0.329. The second-order valence-corrected chi connectivity index (χ2v) is 7.03. The van der Waals surface area contributed by atoms with Gasteiger partial charge >= 0.3 is 0 Å². The van der Waals surface area contributed by atoms with E-state index in [0.29, 0.717) is 6.04 Å². The van der Waals surface area contributed by atoms with Crippen LogP contribution in [0.5, 0.6) is 0 Å². The van der Waals surface area contributed by atoms with Crippen LogP contribution in [0.1, 0.15) is 50.2 Å². The third-order valence-electron chi connectivity index (χ3n) is 4.01. The van der Waals surface area contributed by atoms with E-state index < -0.39 is 0 Å². The van der Waals surface area contributed by atoms with Gasteiger partial charge in [0.05, 0.1) is 10.7 Å². The highest BCUT2D eigenvalue weighted by atomic mass is 32.1. The van der Waals surface area contributed by atoms with Gasteiger partial charge in [-0.05, 0) is 45.4 Å². The molecule has 0 atom stereocenters. The standard InChI is InChI=1S/C16H28N4S/c1-4-17-16(20-14-7-5-12(2)6-8-14)18-10-9-15-11-21-13(3)19-15/h11-12,14H,4-10H2,1-3H3,(H2,17,18,20). The third kappa shape index (κ3) is 5.65. The zero-order chi connectivity index (χ0) is 15.1. The molecule has 21 heavy (non-hydrogen) atoms.